The van der Waals surface area contributed by atoms with Gasteiger partial charge in [-0.3, -0.25) is 4.79 Å². The third-order valence-corrected chi connectivity index (χ3v) is 6.36. The van der Waals surface area contributed by atoms with Gasteiger partial charge in [0.2, 0.25) is 11.8 Å². The second kappa shape index (κ2) is 8.05. The highest BCUT2D eigenvalue weighted by Gasteiger charge is 2.33. The number of thiazole rings is 1. The molecule has 1 aliphatic heterocycles. The van der Waals surface area contributed by atoms with Crippen molar-refractivity contribution in [1.82, 2.24) is 14.9 Å². The minimum atomic E-state index is -0.0826. The smallest absolute Gasteiger partial charge is 0.228 e. The second-order valence-electron chi connectivity index (χ2n) is 7.13. The van der Waals surface area contributed by atoms with E-state index in [4.69, 9.17) is 16.0 Å². The zero-order valence-corrected chi connectivity index (χ0v) is 17.5. The van der Waals surface area contributed by atoms with Crippen LogP contribution in [0, 0.1) is 13.8 Å². The minimum absolute atomic E-state index is 0.0826. The van der Waals surface area contributed by atoms with Crippen LogP contribution in [-0.2, 0) is 17.6 Å². The third kappa shape index (κ3) is 4.13. The van der Waals surface area contributed by atoms with Crippen molar-refractivity contribution in [3.8, 4) is 0 Å². The van der Waals surface area contributed by atoms with Crippen molar-refractivity contribution in [3.05, 3.63) is 68.3 Å². The molecule has 7 heteroatoms. The van der Waals surface area contributed by atoms with E-state index in [0.717, 1.165) is 46.3 Å². The second-order valence-corrected chi connectivity index (χ2v) is 8.86. The van der Waals surface area contributed by atoms with E-state index in [0.29, 0.717) is 23.8 Å². The van der Waals surface area contributed by atoms with Crippen molar-refractivity contribution < 1.29 is 9.21 Å². The Morgan fingerprint density at radius 3 is 2.82 bits per heavy atom. The highest BCUT2D eigenvalue weighted by molar-refractivity contribution is 7.11. The molecule has 1 saturated heterocycles. The van der Waals surface area contributed by atoms with Crippen molar-refractivity contribution in [2.75, 3.05) is 6.54 Å². The summed E-state index contributed by atoms with van der Waals surface area (Å²) in [5, 5.41) is 1.71. The fourth-order valence-corrected chi connectivity index (χ4v) is 4.71. The van der Waals surface area contributed by atoms with Gasteiger partial charge in [-0.15, -0.1) is 11.3 Å². The molecule has 0 saturated carbocycles. The molecule has 146 valence electrons. The lowest BCUT2D eigenvalue weighted by molar-refractivity contribution is -0.131. The van der Waals surface area contributed by atoms with E-state index < -0.39 is 0 Å². The number of likely N-dealkylation sites (tertiary alicyclic amines) is 1. The molecule has 0 N–H and O–H groups in total. The van der Waals surface area contributed by atoms with Crippen molar-refractivity contribution in [3.63, 3.8) is 0 Å². The van der Waals surface area contributed by atoms with E-state index in [1.165, 1.54) is 0 Å². The van der Waals surface area contributed by atoms with Crippen molar-refractivity contribution in [2.45, 2.75) is 45.6 Å². The first-order chi connectivity index (χ1) is 13.5. The number of benzene rings is 1. The molecule has 28 heavy (non-hydrogen) atoms. The van der Waals surface area contributed by atoms with Crippen LogP contribution in [0.1, 0.15) is 51.7 Å². The summed E-state index contributed by atoms with van der Waals surface area (Å²) < 4.78 is 6.01. The van der Waals surface area contributed by atoms with Crippen LogP contribution in [-0.4, -0.2) is 27.3 Å². The molecular formula is C21H22ClN3O2S. The Balaban J connectivity index is 1.46. The number of nitrogens with zero attached hydrogens (tertiary/aromatic N) is 3. The predicted molar refractivity (Wildman–Crippen MR) is 110 cm³/mol. The van der Waals surface area contributed by atoms with Gasteiger partial charge in [-0.1, -0.05) is 23.7 Å². The van der Waals surface area contributed by atoms with Crippen LogP contribution < -0.4 is 0 Å². The highest BCUT2D eigenvalue weighted by atomic mass is 35.5. The molecule has 1 unspecified atom stereocenters. The largest absolute Gasteiger partial charge is 0.443 e. The maximum absolute atomic E-state index is 12.9. The summed E-state index contributed by atoms with van der Waals surface area (Å²) >= 11 is 7.54. The Labute approximate surface area is 173 Å². The molecule has 3 aromatic rings. The topological polar surface area (TPSA) is 59.2 Å². The lowest BCUT2D eigenvalue weighted by Crippen LogP contribution is -2.32. The van der Waals surface area contributed by atoms with Gasteiger partial charge in [-0.2, -0.15) is 0 Å². The van der Waals surface area contributed by atoms with Gasteiger partial charge in [-0.05, 0) is 44.4 Å². The number of hydrogen-bond donors (Lipinski definition) is 0. The molecule has 0 bridgehead atoms. The minimum Gasteiger partial charge on any atom is -0.443 e. The molecule has 4 rings (SSSR count). The number of rotatable bonds is 5. The molecule has 3 heterocycles. The Morgan fingerprint density at radius 2 is 2.11 bits per heavy atom. The van der Waals surface area contributed by atoms with Crippen LogP contribution in [0.4, 0.5) is 0 Å². The first kappa shape index (κ1) is 19.2. The van der Waals surface area contributed by atoms with Crippen LogP contribution in [0.5, 0.6) is 0 Å². The van der Waals surface area contributed by atoms with Gasteiger partial charge >= 0.3 is 0 Å². The van der Waals surface area contributed by atoms with E-state index in [2.05, 4.69) is 9.97 Å². The van der Waals surface area contributed by atoms with Crippen molar-refractivity contribution in [1.29, 1.82) is 0 Å². The maximum Gasteiger partial charge on any atom is 0.228 e. The SMILES string of the molecule is Cc1nc(C)c(CC(=O)N2CCCC2c2ncc(Cc3ccc(Cl)cc3)o2)s1. The van der Waals surface area contributed by atoms with Crippen LogP contribution >= 0.6 is 22.9 Å². The summed E-state index contributed by atoms with van der Waals surface area (Å²) in [5.74, 6) is 1.55. The molecule has 1 atom stereocenters. The van der Waals surface area contributed by atoms with E-state index in [1.54, 1.807) is 17.5 Å². The normalized spacial score (nSPS) is 16.7. The van der Waals surface area contributed by atoms with E-state index >= 15 is 0 Å². The Kier molecular flexibility index (Phi) is 5.51. The van der Waals surface area contributed by atoms with Gasteiger partial charge < -0.3 is 9.32 Å². The number of aromatic nitrogens is 2. The first-order valence-electron chi connectivity index (χ1n) is 9.41. The van der Waals surface area contributed by atoms with Crippen LogP contribution in [0.3, 0.4) is 0 Å². The van der Waals surface area contributed by atoms with Crippen molar-refractivity contribution >= 4 is 28.8 Å². The highest BCUT2D eigenvalue weighted by Crippen LogP contribution is 2.33. The Bertz CT molecular complexity index is 980. The number of oxazole rings is 1. The van der Waals surface area contributed by atoms with Gasteiger partial charge in [0, 0.05) is 22.9 Å². The molecule has 0 radical (unpaired) electrons. The van der Waals surface area contributed by atoms with Gasteiger partial charge in [0.15, 0.2) is 0 Å². The molecule has 5 nitrogen and oxygen atoms in total. The van der Waals surface area contributed by atoms with Gasteiger partial charge in [0.05, 0.1) is 23.3 Å². The molecule has 2 aromatic heterocycles. The summed E-state index contributed by atoms with van der Waals surface area (Å²) in [7, 11) is 0. The predicted octanol–water partition coefficient (Wildman–Crippen LogP) is 4.90. The summed E-state index contributed by atoms with van der Waals surface area (Å²) in [6.07, 6.45) is 4.66. The van der Waals surface area contributed by atoms with Gasteiger partial charge in [0.1, 0.15) is 11.8 Å². The number of carbonyl (C=O) groups is 1. The molecular weight excluding hydrogens is 394 g/mol. The van der Waals surface area contributed by atoms with E-state index in [1.807, 2.05) is 43.0 Å². The summed E-state index contributed by atoms with van der Waals surface area (Å²) in [6, 6.07) is 7.62. The quantitative estimate of drug-likeness (QED) is 0.594. The van der Waals surface area contributed by atoms with E-state index in [-0.39, 0.29) is 11.9 Å². The average Bonchev–Trinajstić information content (AvgIpc) is 3.37. The third-order valence-electron chi connectivity index (χ3n) is 5.03. The number of hydrogen-bond acceptors (Lipinski definition) is 5. The van der Waals surface area contributed by atoms with Gasteiger partial charge in [-0.25, -0.2) is 9.97 Å². The van der Waals surface area contributed by atoms with E-state index in [9.17, 15) is 4.79 Å². The molecule has 1 fully saturated rings. The molecule has 1 aliphatic rings. The number of halogens is 1. The number of amides is 1. The van der Waals surface area contributed by atoms with Gasteiger partial charge in [0.25, 0.3) is 0 Å². The zero-order chi connectivity index (χ0) is 19.7. The first-order valence-corrected chi connectivity index (χ1v) is 10.6. The lowest BCUT2D eigenvalue weighted by Gasteiger charge is -2.22. The van der Waals surface area contributed by atoms with Crippen LogP contribution in [0.25, 0.3) is 0 Å². The monoisotopic (exact) mass is 415 g/mol. The fraction of sp³-hybridized carbons (Fsp3) is 0.381. The summed E-state index contributed by atoms with van der Waals surface area (Å²) in [4.78, 5) is 24.8. The average molecular weight is 416 g/mol. The molecule has 0 aliphatic carbocycles. The summed E-state index contributed by atoms with van der Waals surface area (Å²) in [5.41, 5.74) is 2.07. The molecule has 0 spiro atoms. The fourth-order valence-electron chi connectivity index (χ4n) is 3.66. The zero-order valence-electron chi connectivity index (χ0n) is 15.9. The molecule has 1 aromatic carbocycles. The standard InChI is InChI=1S/C21H22ClN3O2S/c1-13-19(28-14(2)24-13)11-20(26)25-9-3-4-18(25)21-23-12-17(27-21)10-15-5-7-16(22)8-6-15/h5-8,12,18H,3-4,9-11H2,1-2H3. The lowest BCUT2D eigenvalue weighted by atomic mass is 10.1. The summed E-state index contributed by atoms with van der Waals surface area (Å²) in [6.45, 7) is 4.68. The number of aryl methyl sites for hydroxylation is 2. The maximum atomic E-state index is 12.9. The van der Waals surface area contributed by atoms with Crippen LogP contribution in [0.2, 0.25) is 5.02 Å². The van der Waals surface area contributed by atoms with Crippen molar-refractivity contribution in [2.24, 2.45) is 0 Å². The Morgan fingerprint density at radius 1 is 1.32 bits per heavy atom. The molecule has 1 amide bonds. The van der Waals surface area contributed by atoms with Crippen LogP contribution in [0.15, 0.2) is 34.9 Å². The Hall–Kier alpha value is -2.18. The number of carbonyl (C=O) groups excluding carboxylic acids is 1.